The van der Waals surface area contributed by atoms with Crippen molar-refractivity contribution < 1.29 is 8.78 Å². The van der Waals surface area contributed by atoms with Crippen LogP contribution in [0.3, 0.4) is 0 Å². The van der Waals surface area contributed by atoms with E-state index < -0.39 is 0 Å². The third kappa shape index (κ3) is 4.30. The first kappa shape index (κ1) is 14.0. The lowest BCUT2D eigenvalue weighted by atomic mass is 10.1. The minimum absolute atomic E-state index is 0.238. The van der Waals surface area contributed by atoms with E-state index in [0.717, 1.165) is 12.0 Å². The van der Waals surface area contributed by atoms with Crippen LogP contribution < -0.4 is 5.32 Å². The standard InChI is InChI=1S/C15H14ClF2N/c16-13-3-6-15(18)12(9-13)10-19-8-7-11-1-4-14(17)5-2-11/h1-6,9,19H,7-8,10H2. The zero-order valence-electron chi connectivity index (χ0n) is 10.3. The molecule has 100 valence electrons. The van der Waals surface area contributed by atoms with Gasteiger partial charge in [-0.25, -0.2) is 8.78 Å². The van der Waals surface area contributed by atoms with Crippen molar-refractivity contribution in [1.82, 2.24) is 5.32 Å². The quantitative estimate of drug-likeness (QED) is 0.818. The number of hydrogen-bond donors (Lipinski definition) is 1. The highest BCUT2D eigenvalue weighted by Gasteiger charge is 2.02. The monoisotopic (exact) mass is 281 g/mol. The van der Waals surface area contributed by atoms with E-state index >= 15 is 0 Å². The van der Waals surface area contributed by atoms with Gasteiger partial charge in [0.15, 0.2) is 0 Å². The molecule has 0 bridgehead atoms. The van der Waals surface area contributed by atoms with Gasteiger partial charge in [0.2, 0.25) is 0 Å². The normalized spacial score (nSPS) is 10.7. The molecule has 1 N–H and O–H groups in total. The van der Waals surface area contributed by atoms with Gasteiger partial charge in [-0.2, -0.15) is 0 Å². The lowest BCUT2D eigenvalue weighted by Gasteiger charge is -2.06. The molecule has 0 spiro atoms. The second-order valence-electron chi connectivity index (χ2n) is 4.29. The van der Waals surface area contributed by atoms with Crippen LogP contribution in [0.25, 0.3) is 0 Å². The molecule has 2 aromatic rings. The highest BCUT2D eigenvalue weighted by molar-refractivity contribution is 6.30. The molecule has 0 saturated heterocycles. The smallest absolute Gasteiger partial charge is 0.127 e. The molecule has 0 aliphatic rings. The van der Waals surface area contributed by atoms with Crippen LogP contribution >= 0.6 is 11.6 Å². The molecule has 0 aliphatic carbocycles. The van der Waals surface area contributed by atoms with Crippen molar-refractivity contribution in [3.05, 3.63) is 70.2 Å². The van der Waals surface area contributed by atoms with Crippen LogP contribution in [0.5, 0.6) is 0 Å². The van der Waals surface area contributed by atoms with Crippen LogP contribution in [0, 0.1) is 11.6 Å². The Bertz CT molecular complexity index is 540. The van der Waals surface area contributed by atoms with Gasteiger partial charge in [0.05, 0.1) is 0 Å². The molecule has 0 fully saturated rings. The number of benzene rings is 2. The van der Waals surface area contributed by atoms with E-state index in [9.17, 15) is 8.78 Å². The van der Waals surface area contributed by atoms with Gasteiger partial charge in [-0.05, 0) is 48.9 Å². The van der Waals surface area contributed by atoms with Crippen LogP contribution in [0.4, 0.5) is 8.78 Å². The molecule has 19 heavy (non-hydrogen) atoms. The highest BCUT2D eigenvalue weighted by Crippen LogP contribution is 2.14. The summed E-state index contributed by atoms with van der Waals surface area (Å²) in [5.74, 6) is -0.503. The van der Waals surface area contributed by atoms with Crippen LogP contribution in [0.15, 0.2) is 42.5 Å². The van der Waals surface area contributed by atoms with Gasteiger partial charge in [0.1, 0.15) is 11.6 Å². The number of nitrogens with one attached hydrogen (secondary N) is 1. The molecule has 1 nitrogen and oxygen atoms in total. The van der Waals surface area contributed by atoms with Gasteiger partial charge in [-0.15, -0.1) is 0 Å². The van der Waals surface area contributed by atoms with Crippen LogP contribution in [0.1, 0.15) is 11.1 Å². The van der Waals surface area contributed by atoms with Crippen molar-refractivity contribution in [3.63, 3.8) is 0 Å². The van der Waals surface area contributed by atoms with Gasteiger partial charge in [0.25, 0.3) is 0 Å². The summed E-state index contributed by atoms with van der Waals surface area (Å²) in [7, 11) is 0. The lowest BCUT2D eigenvalue weighted by molar-refractivity contribution is 0.588. The maximum absolute atomic E-state index is 13.4. The van der Waals surface area contributed by atoms with E-state index in [4.69, 9.17) is 11.6 Å². The van der Waals surface area contributed by atoms with Crippen LogP contribution in [-0.4, -0.2) is 6.54 Å². The molecule has 2 aromatic carbocycles. The van der Waals surface area contributed by atoms with Gasteiger partial charge < -0.3 is 5.32 Å². The van der Waals surface area contributed by atoms with Crippen molar-refractivity contribution in [3.8, 4) is 0 Å². The third-order valence-corrected chi connectivity index (χ3v) is 3.06. The maximum Gasteiger partial charge on any atom is 0.127 e. The second-order valence-corrected chi connectivity index (χ2v) is 4.73. The molecule has 0 unspecified atom stereocenters. The average Bonchev–Trinajstić information content (AvgIpc) is 2.40. The fourth-order valence-electron chi connectivity index (χ4n) is 1.79. The topological polar surface area (TPSA) is 12.0 Å². The van der Waals surface area contributed by atoms with Gasteiger partial charge in [0, 0.05) is 17.1 Å². The number of hydrogen-bond acceptors (Lipinski definition) is 1. The lowest BCUT2D eigenvalue weighted by Crippen LogP contribution is -2.17. The first-order chi connectivity index (χ1) is 9.15. The summed E-state index contributed by atoms with van der Waals surface area (Å²) in [4.78, 5) is 0. The predicted molar refractivity (Wildman–Crippen MR) is 73.2 cm³/mol. The van der Waals surface area contributed by atoms with Crippen LogP contribution in [0.2, 0.25) is 5.02 Å². The Morgan fingerprint density at radius 3 is 2.47 bits per heavy atom. The SMILES string of the molecule is Fc1ccc(CCNCc2cc(Cl)ccc2F)cc1. The molecule has 0 atom stereocenters. The Kier molecular flexibility index (Phi) is 4.88. The molecule has 0 radical (unpaired) electrons. The van der Waals surface area contributed by atoms with Gasteiger partial charge >= 0.3 is 0 Å². The fourth-order valence-corrected chi connectivity index (χ4v) is 1.98. The zero-order chi connectivity index (χ0) is 13.7. The maximum atomic E-state index is 13.4. The molecule has 4 heteroatoms. The van der Waals surface area contributed by atoms with Crippen molar-refractivity contribution in [1.29, 1.82) is 0 Å². The van der Waals surface area contributed by atoms with Crippen LogP contribution in [-0.2, 0) is 13.0 Å². The fraction of sp³-hybridized carbons (Fsp3) is 0.200. The molecule has 0 aliphatic heterocycles. The van der Waals surface area contributed by atoms with E-state index in [-0.39, 0.29) is 11.6 Å². The summed E-state index contributed by atoms with van der Waals surface area (Å²) in [6, 6.07) is 10.9. The van der Waals surface area contributed by atoms with E-state index in [2.05, 4.69) is 5.32 Å². The largest absolute Gasteiger partial charge is 0.312 e. The molecule has 0 heterocycles. The summed E-state index contributed by atoms with van der Waals surface area (Å²) in [6.45, 7) is 1.12. The molecule has 0 aromatic heterocycles. The van der Waals surface area contributed by atoms with Crippen molar-refractivity contribution in [2.24, 2.45) is 0 Å². The van der Waals surface area contributed by atoms with Crippen molar-refractivity contribution >= 4 is 11.6 Å². The second kappa shape index (κ2) is 6.64. The first-order valence-electron chi connectivity index (χ1n) is 6.04. The average molecular weight is 282 g/mol. The van der Waals surface area contributed by atoms with E-state index in [1.54, 1.807) is 18.2 Å². The molecule has 0 amide bonds. The van der Waals surface area contributed by atoms with Crippen molar-refractivity contribution in [2.75, 3.05) is 6.54 Å². The minimum Gasteiger partial charge on any atom is -0.312 e. The molecular weight excluding hydrogens is 268 g/mol. The first-order valence-corrected chi connectivity index (χ1v) is 6.42. The Labute approximate surface area is 116 Å². The molecular formula is C15H14ClF2N. The van der Waals surface area contributed by atoms with E-state index in [1.807, 2.05) is 0 Å². The van der Waals surface area contributed by atoms with E-state index in [1.165, 1.54) is 24.3 Å². The Hall–Kier alpha value is -1.45. The third-order valence-electron chi connectivity index (χ3n) is 2.83. The molecule has 0 saturated carbocycles. The van der Waals surface area contributed by atoms with Gasteiger partial charge in [-0.3, -0.25) is 0 Å². The summed E-state index contributed by atoms with van der Waals surface area (Å²) in [5.41, 5.74) is 1.59. The van der Waals surface area contributed by atoms with E-state index in [0.29, 0.717) is 23.7 Å². The summed E-state index contributed by atoms with van der Waals surface area (Å²) >= 11 is 5.81. The minimum atomic E-state index is -0.265. The predicted octanol–water partition coefficient (Wildman–Crippen LogP) is 3.95. The number of rotatable bonds is 5. The van der Waals surface area contributed by atoms with Gasteiger partial charge in [-0.1, -0.05) is 23.7 Å². The summed E-state index contributed by atoms with van der Waals surface area (Å²) < 4.78 is 26.1. The Morgan fingerprint density at radius 2 is 1.74 bits per heavy atom. The Balaban J connectivity index is 1.80. The Morgan fingerprint density at radius 1 is 1.00 bits per heavy atom. The number of halogens is 3. The zero-order valence-corrected chi connectivity index (χ0v) is 11.1. The summed E-state index contributed by atoms with van der Waals surface area (Å²) in [5, 5.41) is 3.67. The highest BCUT2D eigenvalue weighted by atomic mass is 35.5. The van der Waals surface area contributed by atoms with Crippen molar-refractivity contribution in [2.45, 2.75) is 13.0 Å². The summed E-state index contributed by atoms with van der Waals surface area (Å²) in [6.07, 6.45) is 0.766. The molecule has 2 rings (SSSR count).